The van der Waals surface area contributed by atoms with Crippen LogP contribution in [0.4, 0.5) is 4.39 Å². The zero-order chi connectivity index (χ0) is 14.5. The van der Waals surface area contributed by atoms with Crippen LogP contribution in [-0.2, 0) is 0 Å². The van der Waals surface area contributed by atoms with E-state index in [1.807, 2.05) is 19.2 Å². The Labute approximate surface area is 132 Å². The van der Waals surface area contributed by atoms with Crippen LogP contribution in [-0.4, -0.2) is 12.8 Å². The summed E-state index contributed by atoms with van der Waals surface area (Å²) in [5.74, 6) is 0.555. The number of halogens is 3. The van der Waals surface area contributed by atoms with Crippen LogP contribution < -0.4 is 5.32 Å². The molecule has 1 nitrogen and oxygen atoms in total. The summed E-state index contributed by atoms with van der Waals surface area (Å²) >= 11 is 13.9. The van der Waals surface area contributed by atoms with E-state index < -0.39 is 0 Å². The van der Waals surface area contributed by atoms with E-state index in [0.29, 0.717) is 10.0 Å². The van der Waals surface area contributed by atoms with Gasteiger partial charge >= 0.3 is 0 Å². The average molecular weight is 330 g/mol. The molecule has 0 radical (unpaired) electrons. The Morgan fingerprint density at radius 3 is 2.50 bits per heavy atom. The van der Waals surface area contributed by atoms with Gasteiger partial charge in [-0.05, 0) is 42.9 Å². The normalized spacial score (nSPS) is 12.4. The molecule has 1 unspecified atom stereocenters. The molecule has 0 amide bonds. The van der Waals surface area contributed by atoms with Crippen molar-refractivity contribution in [3.63, 3.8) is 0 Å². The van der Waals surface area contributed by atoms with E-state index in [2.05, 4.69) is 5.32 Å². The molecule has 106 valence electrons. The summed E-state index contributed by atoms with van der Waals surface area (Å²) in [4.78, 5) is 1.02. The van der Waals surface area contributed by atoms with Gasteiger partial charge < -0.3 is 5.32 Å². The first-order valence-electron chi connectivity index (χ1n) is 6.11. The molecule has 0 spiro atoms. The molecule has 0 aliphatic rings. The molecule has 2 aromatic carbocycles. The number of benzene rings is 2. The molecule has 0 aliphatic heterocycles. The van der Waals surface area contributed by atoms with Crippen molar-refractivity contribution in [2.24, 2.45) is 0 Å². The first-order valence-corrected chi connectivity index (χ1v) is 7.85. The minimum atomic E-state index is -0.225. The number of rotatable bonds is 5. The topological polar surface area (TPSA) is 12.0 Å². The molecule has 0 aromatic heterocycles. The summed E-state index contributed by atoms with van der Waals surface area (Å²) in [7, 11) is 1.88. The summed E-state index contributed by atoms with van der Waals surface area (Å²) in [5, 5.41) is 4.36. The molecule has 0 saturated heterocycles. The van der Waals surface area contributed by atoms with Crippen LogP contribution >= 0.6 is 35.0 Å². The Morgan fingerprint density at radius 2 is 1.85 bits per heavy atom. The second kappa shape index (κ2) is 7.32. The zero-order valence-electron chi connectivity index (χ0n) is 10.9. The van der Waals surface area contributed by atoms with Crippen molar-refractivity contribution < 1.29 is 4.39 Å². The number of nitrogens with one attached hydrogen (secondary N) is 1. The highest BCUT2D eigenvalue weighted by atomic mass is 35.5. The molecular formula is C15H14Cl2FNS. The smallest absolute Gasteiger partial charge is 0.123 e. The second-order valence-electron chi connectivity index (χ2n) is 4.25. The van der Waals surface area contributed by atoms with Crippen LogP contribution in [0.5, 0.6) is 0 Å². The van der Waals surface area contributed by atoms with E-state index >= 15 is 0 Å². The molecule has 0 bridgehead atoms. The maximum Gasteiger partial charge on any atom is 0.123 e. The Balaban J connectivity index is 2.09. The quantitative estimate of drug-likeness (QED) is 0.758. The number of hydrogen-bond donors (Lipinski definition) is 1. The van der Waals surface area contributed by atoms with Crippen LogP contribution in [0.1, 0.15) is 11.6 Å². The van der Waals surface area contributed by atoms with E-state index in [0.717, 1.165) is 16.2 Å². The summed E-state index contributed by atoms with van der Waals surface area (Å²) in [6.07, 6.45) is 0. The van der Waals surface area contributed by atoms with Gasteiger partial charge in [0.1, 0.15) is 5.82 Å². The first kappa shape index (κ1) is 15.6. The highest BCUT2D eigenvalue weighted by Crippen LogP contribution is 2.32. The van der Waals surface area contributed by atoms with Gasteiger partial charge in [-0.25, -0.2) is 4.39 Å². The largest absolute Gasteiger partial charge is 0.312 e. The maximum absolute atomic E-state index is 12.9. The SMILES string of the molecule is CNC(CSc1ccc(F)cc1)c1cccc(Cl)c1Cl. The Kier molecular flexibility index (Phi) is 5.73. The number of hydrogen-bond acceptors (Lipinski definition) is 2. The zero-order valence-corrected chi connectivity index (χ0v) is 13.2. The van der Waals surface area contributed by atoms with Crippen molar-refractivity contribution in [2.75, 3.05) is 12.8 Å². The lowest BCUT2D eigenvalue weighted by molar-refractivity contribution is 0.626. The van der Waals surface area contributed by atoms with Gasteiger partial charge in [0.15, 0.2) is 0 Å². The predicted octanol–water partition coefficient (Wildman–Crippen LogP) is 5.19. The van der Waals surface area contributed by atoms with E-state index in [1.165, 1.54) is 12.1 Å². The summed E-state index contributed by atoms with van der Waals surface area (Å²) in [5.41, 5.74) is 0.969. The Bertz CT molecular complexity index is 575. The van der Waals surface area contributed by atoms with Crippen LogP contribution in [0.3, 0.4) is 0 Å². The van der Waals surface area contributed by atoms with Gasteiger partial charge in [0, 0.05) is 16.7 Å². The van der Waals surface area contributed by atoms with Crippen molar-refractivity contribution in [1.29, 1.82) is 0 Å². The fourth-order valence-electron chi connectivity index (χ4n) is 1.83. The lowest BCUT2D eigenvalue weighted by Crippen LogP contribution is -2.19. The van der Waals surface area contributed by atoms with Crippen molar-refractivity contribution in [1.82, 2.24) is 5.32 Å². The van der Waals surface area contributed by atoms with Crippen LogP contribution in [0.2, 0.25) is 10.0 Å². The van der Waals surface area contributed by atoms with E-state index in [-0.39, 0.29) is 11.9 Å². The molecule has 1 atom stereocenters. The predicted molar refractivity (Wildman–Crippen MR) is 85.4 cm³/mol. The molecule has 20 heavy (non-hydrogen) atoms. The fourth-order valence-corrected chi connectivity index (χ4v) is 3.30. The van der Waals surface area contributed by atoms with Crippen LogP contribution in [0.15, 0.2) is 47.4 Å². The van der Waals surface area contributed by atoms with Crippen LogP contribution in [0, 0.1) is 5.82 Å². The third-order valence-electron chi connectivity index (χ3n) is 2.94. The van der Waals surface area contributed by atoms with Crippen molar-refractivity contribution in [3.8, 4) is 0 Å². The van der Waals surface area contributed by atoms with Gasteiger partial charge in [-0.1, -0.05) is 35.3 Å². The van der Waals surface area contributed by atoms with Crippen LogP contribution in [0.25, 0.3) is 0 Å². The van der Waals surface area contributed by atoms with Gasteiger partial charge in [-0.3, -0.25) is 0 Å². The Morgan fingerprint density at radius 1 is 1.15 bits per heavy atom. The summed E-state index contributed by atoms with van der Waals surface area (Å²) < 4.78 is 12.9. The van der Waals surface area contributed by atoms with Crippen molar-refractivity contribution in [2.45, 2.75) is 10.9 Å². The highest BCUT2D eigenvalue weighted by Gasteiger charge is 2.15. The van der Waals surface area contributed by atoms with Gasteiger partial charge in [0.2, 0.25) is 0 Å². The van der Waals surface area contributed by atoms with E-state index in [9.17, 15) is 4.39 Å². The van der Waals surface area contributed by atoms with Gasteiger partial charge in [-0.2, -0.15) is 0 Å². The molecular weight excluding hydrogens is 316 g/mol. The second-order valence-corrected chi connectivity index (χ2v) is 6.13. The number of thioether (sulfide) groups is 1. The summed E-state index contributed by atoms with van der Waals surface area (Å²) in [6, 6.07) is 12.2. The molecule has 2 rings (SSSR count). The maximum atomic E-state index is 12.9. The third-order valence-corrected chi connectivity index (χ3v) is 4.87. The van der Waals surface area contributed by atoms with E-state index in [1.54, 1.807) is 30.0 Å². The highest BCUT2D eigenvalue weighted by molar-refractivity contribution is 7.99. The average Bonchev–Trinajstić information content (AvgIpc) is 2.45. The molecule has 0 heterocycles. The standard InChI is InChI=1S/C15H14Cl2FNS/c1-19-14(12-3-2-4-13(16)15(12)17)9-20-11-7-5-10(18)6-8-11/h2-8,14,19H,9H2,1H3. The minimum Gasteiger partial charge on any atom is -0.312 e. The first-order chi connectivity index (χ1) is 9.61. The fraction of sp³-hybridized carbons (Fsp3) is 0.200. The lowest BCUT2D eigenvalue weighted by Gasteiger charge is -2.18. The van der Waals surface area contributed by atoms with Gasteiger partial charge in [-0.15, -0.1) is 11.8 Å². The molecule has 0 saturated carbocycles. The minimum absolute atomic E-state index is 0.0799. The molecule has 2 aromatic rings. The summed E-state index contributed by atoms with van der Waals surface area (Å²) in [6.45, 7) is 0. The molecule has 1 N–H and O–H groups in total. The third kappa shape index (κ3) is 3.89. The Hall–Kier alpha value is -0.740. The van der Waals surface area contributed by atoms with Gasteiger partial charge in [0.25, 0.3) is 0 Å². The molecule has 5 heteroatoms. The molecule has 0 fully saturated rings. The molecule has 0 aliphatic carbocycles. The monoisotopic (exact) mass is 329 g/mol. The van der Waals surface area contributed by atoms with Crippen molar-refractivity contribution in [3.05, 3.63) is 63.9 Å². The van der Waals surface area contributed by atoms with E-state index in [4.69, 9.17) is 23.2 Å². The lowest BCUT2D eigenvalue weighted by atomic mass is 10.1. The van der Waals surface area contributed by atoms with Gasteiger partial charge in [0.05, 0.1) is 10.0 Å². The van der Waals surface area contributed by atoms with Crippen molar-refractivity contribution >= 4 is 35.0 Å².